The van der Waals surface area contributed by atoms with E-state index in [1.807, 2.05) is 60.7 Å². The summed E-state index contributed by atoms with van der Waals surface area (Å²) in [6.45, 7) is 6.19. The number of rotatable bonds is 11. The van der Waals surface area contributed by atoms with Gasteiger partial charge < -0.3 is 9.47 Å². The highest BCUT2D eigenvalue weighted by molar-refractivity contribution is 5.85. The van der Waals surface area contributed by atoms with Crippen LogP contribution in [0.2, 0.25) is 0 Å². The van der Waals surface area contributed by atoms with Crippen molar-refractivity contribution in [2.24, 2.45) is 0 Å². The van der Waals surface area contributed by atoms with Crippen LogP contribution < -0.4 is 0 Å². The first-order chi connectivity index (χ1) is 19.2. The summed E-state index contributed by atoms with van der Waals surface area (Å²) in [6.07, 6.45) is 0.419. The van der Waals surface area contributed by atoms with Crippen molar-refractivity contribution in [3.8, 4) is 0 Å². The van der Waals surface area contributed by atoms with Crippen LogP contribution in [0.25, 0.3) is 0 Å². The molecule has 40 heavy (non-hydrogen) atoms. The molecule has 0 saturated carbocycles. The van der Waals surface area contributed by atoms with Crippen molar-refractivity contribution in [1.29, 1.82) is 0 Å². The van der Waals surface area contributed by atoms with Gasteiger partial charge in [0.25, 0.3) is 0 Å². The second kappa shape index (κ2) is 15.2. The van der Waals surface area contributed by atoms with Gasteiger partial charge in [-0.25, -0.2) is 39.2 Å². The lowest BCUT2D eigenvalue weighted by molar-refractivity contribution is -0.306. The summed E-state index contributed by atoms with van der Waals surface area (Å²) in [6, 6.07) is 17.1. The van der Waals surface area contributed by atoms with Crippen LogP contribution in [0.5, 0.6) is 0 Å². The molecule has 1 fully saturated rings. The van der Waals surface area contributed by atoms with Gasteiger partial charge >= 0.3 is 18.1 Å². The first-order valence-electron chi connectivity index (χ1n) is 13.3. The maximum Gasteiger partial charge on any atom is 0.429 e. The van der Waals surface area contributed by atoms with Gasteiger partial charge in [0, 0.05) is 6.54 Å². The Morgan fingerprint density at radius 3 is 2.15 bits per heavy atom. The molecule has 1 aliphatic rings. The number of amides is 3. The summed E-state index contributed by atoms with van der Waals surface area (Å²) in [7, 11) is 1.24. The molecule has 0 unspecified atom stereocenters. The van der Waals surface area contributed by atoms with Crippen molar-refractivity contribution in [2.45, 2.75) is 64.9 Å². The third kappa shape index (κ3) is 9.51. The van der Waals surface area contributed by atoms with E-state index in [-0.39, 0.29) is 32.9 Å². The van der Waals surface area contributed by atoms with E-state index >= 15 is 0 Å². The Kier molecular flexibility index (Phi) is 11.7. The highest BCUT2D eigenvalue weighted by Crippen LogP contribution is 2.24. The summed E-state index contributed by atoms with van der Waals surface area (Å²) in [5.41, 5.74) is 1.02. The van der Waals surface area contributed by atoms with Gasteiger partial charge in [0.2, 0.25) is 0 Å². The number of hydrazine groups is 1. The predicted octanol–water partition coefficient (Wildman–Crippen LogP) is 4.87. The molecule has 3 rings (SSSR count). The van der Waals surface area contributed by atoms with E-state index in [4.69, 9.17) is 24.1 Å². The van der Waals surface area contributed by atoms with E-state index in [2.05, 4.69) is 0 Å². The van der Waals surface area contributed by atoms with Crippen molar-refractivity contribution in [1.82, 2.24) is 15.1 Å². The standard InChI is InChI=1S/C29H39N3O8/c1-29(2,3)40-31(19-12-20-38-39-22-24-15-9-6-10-16-24)27(34)32-25(26(33)36-4)17-11-18-30(32)28(35)37-21-23-13-7-5-8-14-23/h5-10,13-16,25H,11-12,17-22H2,1-4H3/t25-/m0/s1. The molecular formula is C29H39N3O8. The van der Waals surface area contributed by atoms with Crippen molar-refractivity contribution in [3.05, 3.63) is 71.8 Å². The lowest BCUT2D eigenvalue weighted by Crippen LogP contribution is -2.63. The van der Waals surface area contributed by atoms with Crippen molar-refractivity contribution < 1.29 is 38.5 Å². The van der Waals surface area contributed by atoms with Gasteiger partial charge in [-0.15, -0.1) is 0 Å². The molecule has 2 aromatic rings. The quantitative estimate of drug-likeness (QED) is 0.167. The largest absolute Gasteiger partial charge is 0.467 e. The Labute approximate surface area is 235 Å². The third-order valence-electron chi connectivity index (χ3n) is 5.83. The normalized spacial score (nSPS) is 15.4. The molecule has 1 aliphatic heterocycles. The summed E-state index contributed by atoms with van der Waals surface area (Å²) < 4.78 is 10.5. The maximum absolute atomic E-state index is 13.9. The number of esters is 1. The number of hydroxylamine groups is 2. The van der Waals surface area contributed by atoms with Gasteiger partial charge in [0.15, 0.2) is 6.04 Å². The van der Waals surface area contributed by atoms with E-state index in [1.165, 1.54) is 7.11 Å². The lowest BCUT2D eigenvalue weighted by atomic mass is 10.1. The molecule has 0 aliphatic carbocycles. The van der Waals surface area contributed by atoms with Crippen LogP contribution in [-0.2, 0) is 42.1 Å². The van der Waals surface area contributed by atoms with Gasteiger partial charge in [-0.2, -0.15) is 0 Å². The Bertz CT molecular complexity index is 1080. The molecule has 0 radical (unpaired) electrons. The molecule has 2 aromatic carbocycles. The topological polar surface area (TPSA) is 107 Å². The molecule has 0 bridgehead atoms. The van der Waals surface area contributed by atoms with E-state index in [0.717, 1.165) is 26.2 Å². The first-order valence-corrected chi connectivity index (χ1v) is 13.3. The zero-order valence-corrected chi connectivity index (χ0v) is 23.6. The molecule has 1 heterocycles. The monoisotopic (exact) mass is 557 g/mol. The van der Waals surface area contributed by atoms with Gasteiger partial charge in [-0.05, 0) is 51.2 Å². The first kappa shape index (κ1) is 30.9. The van der Waals surface area contributed by atoms with Crippen LogP contribution in [0, 0.1) is 0 Å². The minimum absolute atomic E-state index is 0.0175. The molecular weight excluding hydrogens is 518 g/mol. The highest BCUT2D eigenvalue weighted by Gasteiger charge is 2.43. The molecule has 0 N–H and O–H groups in total. The average molecular weight is 558 g/mol. The van der Waals surface area contributed by atoms with Gasteiger partial charge in [0.05, 0.1) is 25.9 Å². The van der Waals surface area contributed by atoms with Crippen LogP contribution in [0.3, 0.4) is 0 Å². The van der Waals surface area contributed by atoms with E-state index in [1.54, 1.807) is 20.8 Å². The molecule has 11 heteroatoms. The van der Waals surface area contributed by atoms with Crippen LogP contribution in [0.15, 0.2) is 60.7 Å². The smallest absolute Gasteiger partial charge is 0.429 e. The van der Waals surface area contributed by atoms with Crippen LogP contribution >= 0.6 is 0 Å². The molecule has 0 aromatic heterocycles. The molecule has 1 saturated heterocycles. The van der Waals surface area contributed by atoms with Crippen molar-refractivity contribution >= 4 is 18.1 Å². The molecule has 3 amide bonds. The minimum atomic E-state index is -1.02. The molecule has 0 spiro atoms. The van der Waals surface area contributed by atoms with E-state index in [9.17, 15) is 14.4 Å². The number of hydrogen-bond donors (Lipinski definition) is 0. The number of urea groups is 1. The number of carbonyl (C=O) groups is 3. The number of hydrogen-bond acceptors (Lipinski definition) is 8. The van der Waals surface area contributed by atoms with Crippen molar-refractivity contribution in [3.63, 3.8) is 0 Å². The fourth-order valence-electron chi connectivity index (χ4n) is 4.03. The molecule has 1 atom stereocenters. The Balaban J connectivity index is 1.69. The number of methoxy groups -OCH3 is 1. The van der Waals surface area contributed by atoms with E-state index in [0.29, 0.717) is 19.3 Å². The summed E-state index contributed by atoms with van der Waals surface area (Å²) in [4.78, 5) is 56.3. The van der Waals surface area contributed by atoms with Crippen LogP contribution in [-0.4, -0.2) is 71.6 Å². The summed E-state index contributed by atoms with van der Waals surface area (Å²) in [5, 5.41) is 3.37. The molecule has 218 valence electrons. The number of carbonyl (C=O) groups excluding carboxylic acids is 3. The zero-order chi connectivity index (χ0) is 29.0. The predicted molar refractivity (Wildman–Crippen MR) is 145 cm³/mol. The van der Waals surface area contributed by atoms with Gasteiger partial charge in [0.1, 0.15) is 13.2 Å². The second-order valence-corrected chi connectivity index (χ2v) is 10.2. The fourth-order valence-corrected chi connectivity index (χ4v) is 4.03. The van der Waals surface area contributed by atoms with Crippen LogP contribution in [0.4, 0.5) is 9.59 Å². The second-order valence-electron chi connectivity index (χ2n) is 10.2. The van der Waals surface area contributed by atoms with Gasteiger partial charge in [-0.1, -0.05) is 60.7 Å². The minimum Gasteiger partial charge on any atom is -0.467 e. The number of benzene rings is 2. The highest BCUT2D eigenvalue weighted by atomic mass is 17.2. The van der Waals surface area contributed by atoms with Crippen molar-refractivity contribution in [2.75, 3.05) is 26.8 Å². The summed E-state index contributed by atoms with van der Waals surface area (Å²) in [5.74, 6) is -0.637. The Morgan fingerprint density at radius 1 is 0.925 bits per heavy atom. The lowest BCUT2D eigenvalue weighted by Gasteiger charge is -2.44. The fraction of sp³-hybridized carbons (Fsp3) is 0.483. The average Bonchev–Trinajstić information content (AvgIpc) is 2.96. The third-order valence-corrected chi connectivity index (χ3v) is 5.83. The number of ether oxygens (including phenoxy) is 2. The zero-order valence-electron chi connectivity index (χ0n) is 23.6. The van der Waals surface area contributed by atoms with Crippen LogP contribution in [0.1, 0.15) is 51.2 Å². The summed E-state index contributed by atoms with van der Waals surface area (Å²) >= 11 is 0. The van der Waals surface area contributed by atoms with E-state index < -0.39 is 29.7 Å². The molecule has 11 nitrogen and oxygen atoms in total. The Morgan fingerprint density at radius 2 is 1.55 bits per heavy atom. The van der Waals surface area contributed by atoms with Gasteiger partial charge in [-0.3, -0.25) is 4.84 Å². The number of nitrogens with zero attached hydrogens (tertiary/aromatic N) is 3. The SMILES string of the molecule is COC(=O)[C@@H]1CCCN(C(=O)OCc2ccccc2)N1C(=O)N(CCCOOCc1ccccc1)OC(C)(C)C. The Hall–Kier alpha value is -3.67. The maximum atomic E-state index is 13.9.